The number of aliphatic hydroxyl groups is 1. The van der Waals surface area contributed by atoms with Crippen LogP contribution in [0.3, 0.4) is 0 Å². The van der Waals surface area contributed by atoms with E-state index in [4.69, 9.17) is 5.11 Å². The first-order chi connectivity index (χ1) is 8.28. The van der Waals surface area contributed by atoms with E-state index in [1.54, 1.807) is 0 Å². The monoisotopic (exact) mass is 273 g/mol. The molecular weight excluding hydrogens is 265 g/mol. The first-order valence-corrected chi connectivity index (χ1v) is 4.51. The number of ether oxygens (including phenoxy) is 2. The Kier molecular flexibility index (Phi) is 4.28. The number of aliphatic hydroxyl groups excluding tert-OH is 1. The van der Waals surface area contributed by atoms with Crippen LogP contribution in [0.4, 0.5) is 22.0 Å². The van der Waals surface area contributed by atoms with Crippen LogP contribution in [0.25, 0.3) is 0 Å². The maximum atomic E-state index is 12.5. The zero-order chi connectivity index (χ0) is 13.9. The van der Waals surface area contributed by atoms with Gasteiger partial charge in [-0.1, -0.05) is 0 Å². The van der Waals surface area contributed by atoms with E-state index < -0.39 is 42.3 Å². The number of pyridine rings is 1. The lowest BCUT2D eigenvalue weighted by atomic mass is 10.2. The highest BCUT2D eigenvalue weighted by molar-refractivity contribution is 5.39. The summed E-state index contributed by atoms with van der Waals surface area (Å²) in [5.41, 5.74) is -1.40. The van der Waals surface area contributed by atoms with Gasteiger partial charge in [0.1, 0.15) is 5.75 Å². The third-order valence-electron chi connectivity index (χ3n) is 1.86. The zero-order valence-electron chi connectivity index (χ0n) is 8.96. The number of alkyl halides is 5. The fourth-order valence-electron chi connectivity index (χ4n) is 1.16. The second kappa shape index (κ2) is 5.34. The van der Waals surface area contributed by atoms with Crippen molar-refractivity contribution in [2.45, 2.75) is 19.4 Å². The number of hydrogen-bond acceptors (Lipinski definition) is 4. The smallest absolute Gasteiger partial charge is 0.495 e. The minimum atomic E-state index is -5.09. The molecule has 0 aliphatic heterocycles. The Morgan fingerprint density at radius 3 is 2.39 bits per heavy atom. The normalized spacial score (nSPS) is 11.8. The van der Waals surface area contributed by atoms with Gasteiger partial charge in [-0.25, -0.2) is 13.8 Å². The van der Waals surface area contributed by atoms with Crippen molar-refractivity contribution in [1.82, 2.24) is 4.98 Å². The van der Waals surface area contributed by atoms with Gasteiger partial charge in [0, 0.05) is 5.56 Å². The molecule has 1 rings (SSSR count). The van der Waals surface area contributed by atoms with Crippen molar-refractivity contribution in [1.29, 1.82) is 0 Å². The summed E-state index contributed by atoms with van der Waals surface area (Å²) < 4.78 is 69.1. The van der Waals surface area contributed by atoms with Crippen molar-refractivity contribution in [3.63, 3.8) is 0 Å². The molecule has 0 aliphatic carbocycles. The van der Waals surface area contributed by atoms with Gasteiger partial charge in [-0.15, -0.1) is 13.2 Å². The highest BCUT2D eigenvalue weighted by Crippen LogP contribution is 2.34. The molecule has 1 aromatic rings. The Balaban J connectivity index is 3.27. The van der Waals surface area contributed by atoms with Crippen LogP contribution in [0, 0.1) is 0 Å². The molecule has 4 nitrogen and oxygen atoms in total. The lowest BCUT2D eigenvalue weighted by Gasteiger charge is -2.14. The average Bonchev–Trinajstić information content (AvgIpc) is 2.26. The van der Waals surface area contributed by atoms with Crippen LogP contribution in [0.5, 0.6) is 11.6 Å². The quantitative estimate of drug-likeness (QED) is 0.856. The highest BCUT2D eigenvalue weighted by Gasteiger charge is 2.34. The van der Waals surface area contributed by atoms with Gasteiger partial charge in [-0.3, -0.25) is 0 Å². The number of hydrogen-bond donors (Lipinski definition) is 1. The SMILES string of the molecule is COc1cc(CO)c(OC(F)(F)F)nc1C(F)F. The molecule has 0 aliphatic rings. The van der Waals surface area contributed by atoms with E-state index in [1.807, 2.05) is 0 Å². The summed E-state index contributed by atoms with van der Waals surface area (Å²) in [6.07, 6.45) is -8.23. The molecule has 0 spiro atoms. The number of halogens is 5. The van der Waals surface area contributed by atoms with Crippen LogP contribution in [0.15, 0.2) is 6.07 Å². The van der Waals surface area contributed by atoms with Crippen molar-refractivity contribution in [2.24, 2.45) is 0 Å². The van der Waals surface area contributed by atoms with Crippen LogP contribution >= 0.6 is 0 Å². The maximum Gasteiger partial charge on any atom is 0.574 e. The van der Waals surface area contributed by atoms with E-state index in [2.05, 4.69) is 14.5 Å². The highest BCUT2D eigenvalue weighted by atomic mass is 19.4. The second-order valence-electron chi connectivity index (χ2n) is 3.05. The van der Waals surface area contributed by atoms with Gasteiger partial charge in [0.2, 0.25) is 5.88 Å². The first kappa shape index (κ1) is 14.4. The number of rotatable bonds is 4. The molecule has 0 bridgehead atoms. The molecule has 0 unspecified atom stereocenters. The van der Waals surface area contributed by atoms with Crippen LogP contribution in [0.1, 0.15) is 17.7 Å². The van der Waals surface area contributed by atoms with E-state index in [0.717, 1.165) is 13.2 Å². The predicted molar refractivity (Wildman–Crippen MR) is 48.4 cm³/mol. The predicted octanol–water partition coefficient (Wildman–Crippen LogP) is 2.42. The maximum absolute atomic E-state index is 12.5. The summed E-state index contributed by atoms with van der Waals surface area (Å²) >= 11 is 0. The van der Waals surface area contributed by atoms with E-state index in [1.165, 1.54) is 0 Å². The largest absolute Gasteiger partial charge is 0.574 e. The summed E-state index contributed by atoms with van der Waals surface area (Å²) in [4.78, 5) is 3.02. The summed E-state index contributed by atoms with van der Waals surface area (Å²) in [7, 11) is 1.05. The molecule has 0 aromatic carbocycles. The minimum absolute atomic E-state index is 0.409. The first-order valence-electron chi connectivity index (χ1n) is 4.51. The molecular formula is C9H8F5NO3. The average molecular weight is 273 g/mol. The molecule has 18 heavy (non-hydrogen) atoms. The van der Waals surface area contributed by atoms with Gasteiger partial charge in [-0.2, -0.15) is 0 Å². The fraction of sp³-hybridized carbons (Fsp3) is 0.444. The van der Waals surface area contributed by atoms with E-state index in [0.29, 0.717) is 0 Å². The Morgan fingerprint density at radius 2 is 2.00 bits per heavy atom. The Morgan fingerprint density at radius 1 is 1.39 bits per heavy atom. The summed E-state index contributed by atoms with van der Waals surface area (Å²) in [6, 6.07) is 0.815. The van der Waals surface area contributed by atoms with Crippen molar-refractivity contribution in [3.05, 3.63) is 17.3 Å². The molecule has 1 aromatic heterocycles. The van der Waals surface area contributed by atoms with Crippen molar-refractivity contribution in [2.75, 3.05) is 7.11 Å². The molecule has 1 N–H and O–H groups in total. The second-order valence-corrected chi connectivity index (χ2v) is 3.05. The van der Waals surface area contributed by atoms with Gasteiger partial charge in [-0.05, 0) is 6.07 Å². The molecule has 0 saturated carbocycles. The van der Waals surface area contributed by atoms with Crippen LogP contribution in [-0.4, -0.2) is 23.6 Å². The molecule has 0 atom stereocenters. The molecule has 9 heteroatoms. The van der Waals surface area contributed by atoms with Crippen molar-refractivity contribution >= 4 is 0 Å². The van der Waals surface area contributed by atoms with Gasteiger partial charge in [0.05, 0.1) is 13.7 Å². The third kappa shape index (κ3) is 3.42. The Hall–Kier alpha value is -1.64. The van der Waals surface area contributed by atoms with Crippen molar-refractivity contribution < 1.29 is 36.5 Å². The molecule has 0 fully saturated rings. The van der Waals surface area contributed by atoms with Gasteiger partial charge >= 0.3 is 6.36 Å². The van der Waals surface area contributed by atoms with Crippen LogP contribution < -0.4 is 9.47 Å². The lowest BCUT2D eigenvalue weighted by molar-refractivity contribution is -0.276. The van der Waals surface area contributed by atoms with Gasteiger partial charge < -0.3 is 14.6 Å². The summed E-state index contributed by atoms with van der Waals surface area (Å²) in [5, 5.41) is 8.83. The van der Waals surface area contributed by atoms with Crippen LogP contribution in [-0.2, 0) is 6.61 Å². The lowest BCUT2D eigenvalue weighted by Crippen LogP contribution is -2.19. The Labute approximate surface area is 98.0 Å². The standard InChI is InChI=1S/C9H8F5NO3/c1-17-5-2-4(3-16)8(18-9(12,13)14)15-6(5)7(10)11/h2,7,16H,3H2,1H3. The molecule has 0 saturated heterocycles. The van der Waals surface area contributed by atoms with E-state index in [9.17, 15) is 22.0 Å². The Bertz CT molecular complexity index is 421. The molecule has 0 radical (unpaired) electrons. The summed E-state index contributed by atoms with van der Waals surface area (Å²) in [5.74, 6) is -1.55. The number of aromatic nitrogens is 1. The van der Waals surface area contributed by atoms with E-state index in [-0.39, 0.29) is 0 Å². The summed E-state index contributed by atoms with van der Waals surface area (Å²) in [6.45, 7) is -0.863. The topological polar surface area (TPSA) is 51.6 Å². The van der Waals surface area contributed by atoms with Crippen molar-refractivity contribution in [3.8, 4) is 11.6 Å². The van der Waals surface area contributed by atoms with Crippen LogP contribution in [0.2, 0.25) is 0 Å². The molecule has 102 valence electrons. The third-order valence-corrected chi connectivity index (χ3v) is 1.86. The fourth-order valence-corrected chi connectivity index (χ4v) is 1.16. The van der Waals surface area contributed by atoms with Gasteiger partial charge in [0.25, 0.3) is 6.43 Å². The number of methoxy groups -OCH3 is 1. The molecule has 1 heterocycles. The minimum Gasteiger partial charge on any atom is -0.495 e. The zero-order valence-corrected chi connectivity index (χ0v) is 8.96. The molecule has 0 amide bonds. The number of nitrogens with zero attached hydrogens (tertiary/aromatic N) is 1. The van der Waals surface area contributed by atoms with E-state index >= 15 is 0 Å². The van der Waals surface area contributed by atoms with Gasteiger partial charge in [0.15, 0.2) is 5.69 Å².